The minimum Gasteiger partial charge on any atom is -0.207 e. The second kappa shape index (κ2) is 33.3. The quantitative estimate of drug-likeness (QED) is 0.233. The van der Waals surface area contributed by atoms with Crippen molar-refractivity contribution in [3.63, 3.8) is 0 Å². The summed E-state index contributed by atoms with van der Waals surface area (Å²) in [4.78, 5) is 0. The normalized spacial score (nSPS) is 15.4. The summed E-state index contributed by atoms with van der Waals surface area (Å²) < 4.78 is 198. The van der Waals surface area contributed by atoms with E-state index in [1.807, 2.05) is 6.92 Å². The molecule has 1 aliphatic rings. The lowest BCUT2D eigenvalue weighted by molar-refractivity contribution is -0.285. The van der Waals surface area contributed by atoms with Gasteiger partial charge in [0.25, 0.3) is 0 Å². The van der Waals surface area contributed by atoms with E-state index in [2.05, 4.69) is 69.2 Å². The Labute approximate surface area is 353 Å². The molecule has 1 unspecified atom stereocenters. The van der Waals surface area contributed by atoms with E-state index in [0.29, 0.717) is 30.6 Å². The molecule has 0 radical (unpaired) electrons. The second-order valence-electron chi connectivity index (χ2n) is 18.9. The Morgan fingerprint density at radius 3 is 0.900 bits per heavy atom. The fourth-order valence-electron chi connectivity index (χ4n) is 2.89. The maximum Gasteiger partial charge on any atom is 0.400 e. The lowest BCUT2D eigenvalue weighted by atomic mass is 9.86. The topological polar surface area (TPSA) is 0 Å². The van der Waals surface area contributed by atoms with Gasteiger partial charge in [-0.25, -0.2) is 8.78 Å². The van der Waals surface area contributed by atoms with E-state index in [1.54, 1.807) is 20.8 Å². The van der Waals surface area contributed by atoms with E-state index in [-0.39, 0.29) is 25.7 Å². The van der Waals surface area contributed by atoms with Crippen molar-refractivity contribution in [2.45, 2.75) is 233 Å². The molecule has 0 spiro atoms. The first-order valence-electron chi connectivity index (χ1n) is 20.7. The maximum absolute atomic E-state index is 12.4. The minimum absolute atomic E-state index is 0.105. The van der Waals surface area contributed by atoms with Crippen LogP contribution in [-0.2, 0) is 0 Å². The molecule has 1 fully saturated rings. The summed E-state index contributed by atoms with van der Waals surface area (Å²) in [6.45, 7) is 35.2. The molecule has 0 bridgehead atoms. The fraction of sp³-hybridized carbons (Fsp3) is 1.00. The van der Waals surface area contributed by atoms with Gasteiger partial charge in [-0.05, 0) is 54.3 Å². The average Bonchev–Trinajstić information content (AvgIpc) is 2.98. The number of hydrogen-bond donors (Lipinski definition) is 0. The first-order chi connectivity index (χ1) is 26.0. The molecule has 0 saturated heterocycles. The van der Waals surface area contributed by atoms with Crippen molar-refractivity contribution in [2.75, 3.05) is 0 Å². The van der Waals surface area contributed by atoms with Crippen molar-refractivity contribution in [3.8, 4) is 0 Å². The lowest BCUT2D eigenvalue weighted by Crippen LogP contribution is -2.36. The van der Waals surface area contributed by atoms with Crippen LogP contribution in [0.25, 0.3) is 0 Å². The van der Waals surface area contributed by atoms with Crippen LogP contribution in [0.4, 0.5) is 74.6 Å². The molecule has 0 nitrogen and oxygen atoms in total. The van der Waals surface area contributed by atoms with Crippen LogP contribution >= 0.6 is 0 Å². The monoisotopic (exact) mass is 923 g/mol. The van der Waals surface area contributed by atoms with Gasteiger partial charge in [-0.2, -0.15) is 65.9 Å². The third-order valence-corrected chi connectivity index (χ3v) is 7.65. The second-order valence-corrected chi connectivity index (χ2v) is 18.9. The zero-order valence-corrected chi connectivity index (χ0v) is 40.0. The standard InChI is InChI=1S/C7H13F3.C7H12F2.C6H8F6.C5H9F3.2C5H12.C4H7F3.C4H10/c1-4-6(2,3)5-7(8,9)10;1-6-2-4-7(8,9)5-3-6;1-2-3-4(5(7,8)9)6(10,11)12;1-3-4(2)5(6,7)8;1-5(2,3)4;1-4-5(2)3;1-3(2)4(5,6)7;1-4(2)3/h4-5H2,1-3H3;6H,2-5H2,1H3;4H,2-3H2,1H3;4H,3H2,1-2H3;1-4H3;5H,4H2,1-3H3;3H,1-2H3;4H,1-3H3. The van der Waals surface area contributed by atoms with Crippen LogP contribution in [0.15, 0.2) is 0 Å². The van der Waals surface area contributed by atoms with Crippen molar-refractivity contribution < 1.29 is 74.6 Å². The predicted molar refractivity (Wildman–Crippen MR) is 215 cm³/mol. The fourth-order valence-corrected chi connectivity index (χ4v) is 2.89. The summed E-state index contributed by atoms with van der Waals surface area (Å²) in [5, 5.41) is 0. The molecule has 0 aliphatic heterocycles. The van der Waals surface area contributed by atoms with Crippen LogP contribution in [0, 0.1) is 46.3 Å². The molecule has 0 aromatic heterocycles. The van der Waals surface area contributed by atoms with Crippen LogP contribution in [0.1, 0.15) is 196 Å². The molecule has 17 heteroatoms. The molecular weight excluding hydrogens is 839 g/mol. The van der Waals surface area contributed by atoms with Crippen molar-refractivity contribution in [3.05, 3.63) is 0 Å². The Morgan fingerprint density at radius 2 is 0.817 bits per heavy atom. The molecule has 60 heavy (non-hydrogen) atoms. The van der Waals surface area contributed by atoms with Crippen molar-refractivity contribution in [1.29, 1.82) is 0 Å². The van der Waals surface area contributed by atoms with Gasteiger partial charge in [0.05, 0.1) is 5.92 Å². The summed E-state index contributed by atoms with van der Waals surface area (Å²) >= 11 is 0. The van der Waals surface area contributed by atoms with Gasteiger partial charge in [0.1, 0.15) is 0 Å². The highest BCUT2D eigenvalue weighted by Crippen LogP contribution is 2.42. The molecule has 1 rings (SSSR count). The summed E-state index contributed by atoms with van der Waals surface area (Å²) in [6, 6.07) is 0. The zero-order chi connectivity index (χ0) is 50.5. The van der Waals surface area contributed by atoms with Gasteiger partial charge < -0.3 is 0 Å². The van der Waals surface area contributed by atoms with Crippen LogP contribution in [-0.4, -0.2) is 36.8 Å². The Kier molecular flexibility index (Phi) is 40.7. The van der Waals surface area contributed by atoms with Crippen LogP contribution in [0.3, 0.4) is 0 Å². The lowest BCUT2D eigenvalue weighted by Gasteiger charge is -2.25. The molecule has 374 valence electrons. The number of rotatable bonds is 6. The van der Waals surface area contributed by atoms with E-state index in [1.165, 1.54) is 27.2 Å². The Bertz CT molecular complexity index is 897. The SMILES string of the molecule is CC(C)(C)C.CC(C)C.CC(C)C(F)(F)F.CC1CCC(F)(F)CC1.CCC(C)(C)CC(F)(F)F.CCC(C)C.CCC(C)C(F)(F)F.CCCC(C(F)(F)F)C(F)(F)F. The molecule has 0 heterocycles. The Morgan fingerprint density at radius 1 is 0.533 bits per heavy atom. The highest BCUT2D eigenvalue weighted by molar-refractivity contribution is 4.75. The van der Waals surface area contributed by atoms with Crippen LogP contribution in [0.2, 0.25) is 0 Å². The summed E-state index contributed by atoms with van der Waals surface area (Å²) in [5.41, 5.74) is -0.0990. The van der Waals surface area contributed by atoms with E-state index >= 15 is 0 Å². The highest BCUT2D eigenvalue weighted by Gasteiger charge is 2.55. The van der Waals surface area contributed by atoms with Gasteiger partial charge in [0.15, 0.2) is 5.92 Å². The summed E-state index contributed by atoms with van der Waals surface area (Å²) in [7, 11) is 0. The van der Waals surface area contributed by atoms with Crippen molar-refractivity contribution >= 4 is 0 Å². The largest absolute Gasteiger partial charge is 0.400 e. The van der Waals surface area contributed by atoms with Gasteiger partial charge in [0, 0.05) is 25.2 Å². The number of hydrogen-bond acceptors (Lipinski definition) is 0. The van der Waals surface area contributed by atoms with E-state index in [4.69, 9.17) is 0 Å². The van der Waals surface area contributed by atoms with Crippen molar-refractivity contribution in [1.82, 2.24) is 0 Å². The Hall–Kier alpha value is -1.19. The molecular formula is C43H83F17. The van der Waals surface area contributed by atoms with Crippen molar-refractivity contribution in [2.24, 2.45) is 46.3 Å². The smallest absolute Gasteiger partial charge is 0.207 e. The van der Waals surface area contributed by atoms with Gasteiger partial charge in [0.2, 0.25) is 5.92 Å². The van der Waals surface area contributed by atoms with Crippen LogP contribution < -0.4 is 0 Å². The van der Waals surface area contributed by atoms with E-state index in [0.717, 1.165) is 25.7 Å². The van der Waals surface area contributed by atoms with Gasteiger partial charge in [-0.1, -0.05) is 151 Å². The number of alkyl halides is 17. The molecule has 0 N–H and O–H groups in total. The van der Waals surface area contributed by atoms with Gasteiger partial charge >= 0.3 is 30.9 Å². The highest BCUT2D eigenvalue weighted by atomic mass is 19.4. The Balaban J connectivity index is -0.000000109. The minimum atomic E-state index is -5.17. The number of halogens is 17. The first-order valence-corrected chi connectivity index (χ1v) is 20.7. The van der Waals surface area contributed by atoms with E-state index < -0.39 is 72.8 Å². The summed E-state index contributed by atoms with van der Waals surface area (Å²) in [6.07, 6.45) is -20.4. The molecule has 0 aromatic carbocycles. The summed E-state index contributed by atoms with van der Waals surface area (Å²) in [5.74, 6) is -5.63. The molecule has 0 amide bonds. The van der Waals surface area contributed by atoms with E-state index in [9.17, 15) is 74.6 Å². The predicted octanol–water partition coefficient (Wildman–Crippen LogP) is 20.3. The molecule has 1 aliphatic carbocycles. The third-order valence-electron chi connectivity index (χ3n) is 7.65. The first kappa shape index (κ1) is 73.2. The third kappa shape index (κ3) is 68.5. The molecule has 0 aromatic rings. The maximum atomic E-state index is 12.4. The molecule has 1 atom stereocenters. The zero-order valence-electron chi connectivity index (χ0n) is 40.0. The molecule has 1 saturated carbocycles. The van der Waals surface area contributed by atoms with Crippen LogP contribution in [0.5, 0.6) is 0 Å². The van der Waals surface area contributed by atoms with Gasteiger partial charge in [-0.3, -0.25) is 0 Å². The average molecular weight is 923 g/mol. The van der Waals surface area contributed by atoms with Gasteiger partial charge in [-0.15, -0.1) is 0 Å².